The maximum absolute atomic E-state index is 14.6. The Morgan fingerprint density at radius 1 is 0.596 bits per heavy atom. The molecule has 47 heavy (non-hydrogen) atoms. The first-order valence-electron chi connectivity index (χ1n) is 14.7. The van der Waals surface area contributed by atoms with Crippen LogP contribution < -0.4 is 22.1 Å². The summed E-state index contributed by atoms with van der Waals surface area (Å²) >= 11 is 0. The third-order valence-corrected chi connectivity index (χ3v) is 8.02. The molecule has 6 aromatic rings. The molecule has 6 rings (SSSR count). The third kappa shape index (κ3) is 7.46. The van der Waals surface area contributed by atoms with Crippen molar-refractivity contribution >= 4 is 81.2 Å². The summed E-state index contributed by atoms with van der Waals surface area (Å²) in [6.45, 7) is 3.76. The molecule has 240 valence electrons. The molecule has 0 fully saturated rings. The normalized spacial score (nSPS) is 10.9. The van der Waals surface area contributed by atoms with Crippen molar-refractivity contribution in [2.75, 3.05) is 22.1 Å². The number of benzene rings is 4. The fourth-order valence-corrected chi connectivity index (χ4v) is 5.81. The number of aromatic nitrogens is 2. The predicted molar refractivity (Wildman–Crippen MR) is 196 cm³/mol. The van der Waals surface area contributed by atoms with Gasteiger partial charge in [-0.3, -0.25) is 19.6 Å². The van der Waals surface area contributed by atoms with Gasteiger partial charge in [0.1, 0.15) is 5.41 Å². The fraction of sp³-hybridized carbons (Fsp3) is 0.135. The standard InChI is InChI=1S/C37H34N6O2.2ClH/c1-23-17-31(38)29-19-27(13-15-33(29)40-23)42-35(44)37(21-25-9-5-3-6-10-25,22-26-11-7-4-8-12-26)36(45)43-28-14-16-34-30(20-28)32(39)18-24(2)41-34;;/h3-20H,21-22H2,1-2H3,(H2,38,40)(H2,39,41)(H,42,44)(H,43,45);2*1H. The third-order valence-electron chi connectivity index (χ3n) is 8.02. The molecule has 0 saturated carbocycles. The van der Waals surface area contributed by atoms with Crippen LogP contribution in [0, 0.1) is 19.3 Å². The number of anilines is 4. The largest absolute Gasteiger partial charge is 0.398 e. The molecule has 4 aromatic carbocycles. The van der Waals surface area contributed by atoms with Gasteiger partial charge in [0.15, 0.2) is 0 Å². The van der Waals surface area contributed by atoms with Gasteiger partial charge in [0, 0.05) is 44.9 Å². The lowest BCUT2D eigenvalue weighted by atomic mass is 9.74. The zero-order valence-electron chi connectivity index (χ0n) is 26.0. The van der Waals surface area contributed by atoms with Gasteiger partial charge in [-0.05, 0) is 86.3 Å². The summed E-state index contributed by atoms with van der Waals surface area (Å²) in [7, 11) is 0. The zero-order chi connectivity index (χ0) is 31.6. The fourth-order valence-electron chi connectivity index (χ4n) is 5.81. The van der Waals surface area contributed by atoms with Gasteiger partial charge in [0.2, 0.25) is 11.8 Å². The Kier molecular flexibility index (Phi) is 10.7. The molecule has 6 N–H and O–H groups in total. The number of pyridine rings is 2. The number of nitrogens with two attached hydrogens (primary N) is 2. The smallest absolute Gasteiger partial charge is 0.240 e. The van der Waals surface area contributed by atoms with Crippen molar-refractivity contribution in [1.82, 2.24) is 9.97 Å². The van der Waals surface area contributed by atoms with Gasteiger partial charge in [-0.1, -0.05) is 60.7 Å². The number of rotatable bonds is 8. The number of nitrogen functional groups attached to an aromatic ring is 2. The number of hydrogen-bond donors (Lipinski definition) is 4. The molecule has 0 bridgehead atoms. The minimum Gasteiger partial charge on any atom is -0.398 e. The summed E-state index contributed by atoms with van der Waals surface area (Å²) in [5.41, 5.74) is 18.0. The molecule has 0 aliphatic rings. The molecule has 0 radical (unpaired) electrons. The second-order valence-electron chi connectivity index (χ2n) is 11.5. The Morgan fingerprint density at radius 3 is 1.36 bits per heavy atom. The first-order chi connectivity index (χ1) is 21.7. The highest BCUT2D eigenvalue weighted by Crippen LogP contribution is 2.34. The lowest BCUT2D eigenvalue weighted by Crippen LogP contribution is -2.49. The van der Waals surface area contributed by atoms with E-state index in [2.05, 4.69) is 20.6 Å². The van der Waals surface area contributed by atoms with Crippen molar-refractivity contribution in [2.45, 2.75) is 26.7 Å². The number of carbonyl (C=O) groups excluding carboxylic acids is 2. The molecule has 0 unspecified atom stereocenters. The molecular formula is C37H36Cl2N6O2. The van der Waals surface area contributed by atoms with E-state index in [-0.39, 0.29) is 37.7 Å². The first-order valence-corrected chi connectivity index (χ1v) is 14.7. The molecule has 0 aliphatic heterocycles. The highest BCUT2D eigenvalue weighted by molar-refractivity contribution is 6.16. The van der Waals surface area contributed by atoms with Crippen LogP contribution in [-0.2, 0) is 22.4 Å². The van der Waals surface area contributed by atoms with E-state index in [4.69, 9.17) is 11.5 Å². The molecule has 0 spiro atoms. The summed E-state index contributed by atoms with van der Waals surface area (Å²) in [6.07, 6.45) is 0.320. The molecule has 0 atom stereocenters. The summed E-state index contributed by atoms with van der Waals surface area (Å²) < 4.78 is 0. The lowest BCUT2D eigenvalue weighted by molar-refractivity contribution is -0.137. The van der Waals surface area contributed by atoms with Crippen molar-refractivity contribution in [3.63, 3.8) is 0 Å². The zero-order valence-corrected chi connectivity index (χ0v) is 27.6. The molecular weight excluding hydrogens is 631 g/mol. The van der Waals surface area contributed by atoms with Gasteiger partial charge in [-0.25, -0.2) is 0 Å². The maximum atomic E-state index is 14.6. The number of nitrogens with one attached hydrogen (secondary N) is 2. The van der Waals surface area contributed by atoms with Crippen LogP contribution in [0.2, 0.25) is 0 Å². The predicted octanol–water partition coefficient (Wildman–Crippen LogP) is 7.46. The van der Waals surface area contributed by atoms with E-state index < -0.39 is 17.2 Å². The van der Waals surface area contributed by atoms with Crippen molar-refractivity contribution in [1.29, 1.82) is 0 Å². The van der Waals surface area contributed by atoms with Gasteiger partial charge >= 0.3 is 0 Å². The molecule has 0 aliphatic carbocycles. The van der Waals surface area contributed by atoms with E-state index in [9.17, 15) is 9.59 Å². The van der Waals surface area contributed by atoms with E-state index in [0.717, 1.165) is 44.3 Å². The number of hydrogen-bond acceptors (Lipinski definition) is 6. The number of amides is 2. The Hall–Kier alpha value is -5.18. The number of halogens is 2. The van der Waals surface area contributed by atoms with Crippen LogP contribution >= 0.6 is 24.8 Å². The number of fused-ring (bicyclic) bond motifs is 2. The molecule has 2 heterocycles. The Labute approximate surface area is 285 Å². The van der Waals surface area contributed by atoms with Gasteiger partial charge in [0.25, 0.3) is 0 Å². The van der Waals surface area contributed by atoms with E-state index in [1.54, 1.807) is 36.4 Å². The number of carbonyl (C=O) groups is 2. The number of nitrogens with zero attached hydrogens (tertiary/aromatic N) is 2. The van der Waals surface area contributed by atoms with Gasteiger partial charge < -0.3 is 22.1 Å². The minimum atomic E-state index is -1.54. The monoisotopic (exact) mass is 666 g/mol. The Bertz CT molecular complexity index is 1910. The van der Waals surface area contributed by atoms with E-state index in [1.807, 2.05) is 86.6 Å². The second kappa shape index (κ2) is 14.5. The van der Waals surface area contributed by atoms with Crippen molar-refractivity contribution < 1.29 is 9.59 Å². The average Bonchev–Trinajstić information content (AvgIpc) is 3.02. The lowest BCUT2D eigenvalue weighted by Gasteiger charge is -2.32. The van der Waals surface area contributed by atoms with Gasteiger partial charge in [-0.2, -0.15) is 0 Å². The summed E-state index contributed by atoms with van der Waals surface area (Å²) in [6, 6.07) is 33.5. The highest BCUT2D eigenvalue weighted by atomic mass is 35.5. The molecule has 0 saturated heterocycles. The molecule has 2 aromatic heterocycles. The van der Waals surface area contributed by atoms with Crippen LogP contribution in [0.4, 0.5) is 22.7 Å². The maximum Gasteiger partial charge on any atom is 0.240 e. The van der Waals surface area contributed by atoms with Crippen LogP contribution in [0.3, 0.4) is 0 Å². The van der Waals surface area contributed by atoms with Gasteiger partial charge in [-0.15, -0.1) is 24.8 Å². The van der Waals surface area contributed by atoms with E-state index in [0.29, 0.717) is 22.7 Å². The Morgan fingerprint density at radius 2 is 0.979 bits per heavy atom. The average molecular weight is 668 g/mol. The minimum absolute atomic E-state index is 0. The number of aryl methyl sites for hydroxylation is 2. The van der Waals surface area contributed by atoms with Gasteiger partial charge in [0.05, 0.1) is 11.0 Å². The van der Waals surface area contributed by atoms with Crippen molar-refractivity contribution in [3.05, 3.63) is 132 Å². The topological polar surface area (TPSA) is 136 Å². The van der Waals surface area contributed by atoms with Crippen LogP contribution in [0.25, 0.3) is 21.8 Å². The summed E-state index contributed by atoms with van der Waals surface area (Å²) in [5.74, 6) is -0.883. The SMILES string of the molecule is Cc1cc(N)c2cc(NC(=O)C(Cc3ccccc3)(Cc3ccccc3)C(=O)Nc3ccc4nc(C)cc(N)c4c3)ccc2n1.Cl.Cl. The van der Waals surface area contributed by atoms with Crippen molar-refractivity contribution in [3.8, 4) is 0 Å². The summed E-state index contributed by atoms with van der Waals surface area (Å²) in [4.78, 5) is 38.3. The van der Waals surface area contributed by atoms with Crippen LogP contribution in [0.5, 0.6) is 0 Å². The molecule has 2 amide bonds. The molecule has 8 nitrogen and oxygen atoms in total. The molecule has 10 heteroatoms. The second-order valence-corrected chi connectivity index (χ2v) is 11.5. The quantitative estimate of drug-likeness (QED) is 0.125. The van der Waals surface area contributed by atoms with Crippen LogP contribution in [0.15, 0.2) is 109 Å². The highest BCUT2D eigenvalue weighted by Gasteiger charge is 2.46. The Balaban J connectivity index is 0.00000250. The first kappa shape index (κ1) is 34.7. The van der Waals surface area contributed by atoms with E-state index in [1.165, 1.54) is 0 Å². The van der Waals surface area contributed by atoms with E-state index >= 15 is 0 Å². The van der Waals surface area contributed by atoms with Crippen molar-refractivity contribution in [2.24, 2.45) is 5.41 Å². The summed E-state index contributed by atoms with van der Waals surface area (Å²) in [5, 5.41) is 7.55. The van der Waals surface area contributed by atoms with Crippen LogP contribution in [0.1, 0.15) is 22.5 Å². The van der Waals surface area contributed by atoms with Crippen LogP contribution in [-0.4, -0.2) is 21.8 Å².